The number of aromatic nitrogens is 4. The molecule has 0 aromatic carbocycles. The fourth-order valence-electron chi connectivity index (χ4n) is 5.27. The maximum atomic E-state index is 4.57. The van der Waals surface area contributed by atoms with E-state index in [2.05, 4.69) is 54.3 Å². The van der Waals surface area contributed by atoms with Crippen molar-refractivity contribution in [3.63, 3.8) is 0 Å². The Balaban J connectivity index is 1.20. The van der Waals surface area contributed by atoms with Gasteiger partial charge in [-0.25, -0.2) is 9.97 Å². The number of likely N-dealkylation sites (tertiary alicyclic amines) is 2. The van der Waals surface area contributed by atoms with E-state index < -0.39 is 0 Å². The van der Waals surface area contributed by atoms with Crippen molar-refractivity contribution in [1.82, 2.24) is 29.3 Å². The van der Waals surface area contributed by atoms with Gasteiger partial charge in [-0.1, -0.05) is 13.8 Å². The summed E-state index contributed by atoms with van der Waals surface area (Å²) in [7, 11) is 2.05. The van der Waals surface area contributed by atoms with Crippen molar-refractivity contribution in [2.45, 2.75) is 52.6 Å². The summed E-state index contributed by atoms with van der Waals surface area (Å²) in [5.41, 5.74) is 0.597. The number of H-pyrrole nitrogens is 1. The fourth-order valence-corrected chi connectivity index (χ4v) is 5.27. The van der Waals surface area contributed by atoms with Gasteiger partial charge in [-0.05, 0) is 63.2 Å². The summed E-state index contributed by atoms with van der Waals surface area (Å²) >= 11 is 0. The normalized spacial score (nSPS) is 19.9. The van der Waals surface area contributed by atoms with Gasteiger partial charge in [0, 0.05) is 51.5 Å². The van der Waals surface area contributed by atoms with E-state index in [1.165, 1.54) is 65.0 Å². The molecule has 0 bridgehead atoms. The SMILES string of the molecule is CC(C)CN1CCC2(CC1)CCN(CCCn1ccnc1CN(C)c1ncc[nH]1)C2. The minimum atomic E-state index is 0.597. The summed E-state index contributed by atoms with van der Waals surface area (Å²) in [5, 5.41) is 0. The number of anilines is 1. The quantitative estimate of drug-likeness (QED) is 0.685. The van der Waals surface area contributed by atoms with Crippen molar-refractivity contribution in [2.24, 2.45) is 11.3 Å². The van der Waals surface area contributed by atoms with Crippen LogP contribution in [0.15, 0.2) is 24.8 Å². The molecule has 0 radical (unpaired) electrons. The van der Waals surface area contributed by atoms with Gasteiger partial charge in [0.2, 0.25) is 5.95 Å². The number of aryl methyl sites for hydroxylation is 1. The Morgan fingerprint density at radius 2 is 1.83 bits per heavy atom. The molecule has 1 N–H and O–H groups in total. The molecule has 2 fully saturated rings. The van der Waals surface area contributed by atoms with E-state index in [1.807, 2.05) is 19.4 Å². The van der Waals surface area contributed by atoms with Gasteiger partial charge in [0.25, 0.3) is 0 Å². The number of imidazole rings is 2. The Kier molecular flexibility index (Phi) is 6.78. The molecular weight excluding hydrogens is 374 g/mol. The molecule has 30 heavy (non-hydrogen) atoms. The zero-order valence-corrected chi connectivity index (χ0v) is 19.1. The molecule has 0 aliphatic carbocycles. The molecule has 2 aromatic rings. The van der Waals surface area contributed by atoms with E-state index >= 15 is 0 Å². The van der Waals surface area contributed by atoms with Crippen LogP contribution in [0.1, 0.15) is 45.4 Å². The van der Waals surface area contributed by atoms with E-state index in [0.29, 0.717) is 5.41 Å². The van der Waals surface area contributed by atoms with Crippen LogP contribution in [0.2, 0.25) is 0 Å². The van der Waals surface area contributed by atoms with Gasteiger partial charge in [0.15, 0.2) is 0 Å². The highest BCUT2D eigenvalue weighted by atomic mass is 15.3. The third-order valence-electron chi connectivity index (χ3n) is 6.96. The summed E-state index contributed by atoms with van der Waals surface area (Å²) in [6.45, 7) is 14.1. The van der Waals surface area contributed by atoms with E-state index in [4.69, 9.17) is 0 Å². The molecule has 2 aliphatic heterocycles. The summed E-state index contributed by atoms with van der Waals surface area (Å²) in [5.74, 6) is 2.77. The lowest BCUT2D eigenvalue weighted by Gasteiger charge is -2.40. The second kappa shape index (κ2) is 9.52. The summed E-state index contributed by atoms with van der Waals surface area (Å²) in [6, 6.07) is 0. The molecule has 0 unspecified atom stereocenters. The number of nitrogens with one attached hydrogen (secondary N) is 1. The third kappa shape index (κ3) is 5.24. The summed E-state index contributed by atoms with van der Waals surface area (Å²) in [6.07, 6.45) is 13.0. The van der Waals surface area contributed by atoms with E-state index in [1.54, 1.807) is 6.20 Å². The zero-order chi connectivity index (χ0) is 21.0. The first-order valence-corrected chi connectivity index (χ1v) is 11.7. The van der Waals surface area contributed by atoms with Gasteiger partial charge in [-0.2, -0.15) is 0 Å². The first-order chi connectivity index (χ1) is 14.5. The van der Waals surface area contributed by atoms with Crippen LogP contribution >= 0.6 is 0 Å². The standard InChI is InChI=1S/C23H39N7/c1-20(2)17-28-13-5-23(6-14-28)7-15-29(19-23)11-4-12-30-16-10-24-21(30)18-27(3)22-25-8-9-26-22/h8-10,16,20H,4-7,11-15,17-19H2,1-3H3,(H,25,26). The van der Waals surface area contributed by atoms with Gasteiger partial charge in [0.1, 0.15) is 5.82 Å². The van der Waals surface area contributed by atoms with Crippen molar-refractivity contribution in [3.05, 3.63) is 30.6 Å². The van der Waals surface area contributed by atoms with Crippen molar-refractivity contribution in [2.75, 3.05) is 51.2 Å². The van der Waals surface area contributed by atoms with Gasteiger partial charge >= 0.3 is 0 Å². The van der Waals surface area contributed by atoms with Crippen molar-refractivity contribution < 1.29 is 0 Å². The average molecular weight is 414 g/mol. The molecule has 2 aromatic heterocycles. The molecule has 0 saturated carbocycles. The maximum Gasteiger partial charge on any atom is 0.202 e. The van der Waals surface area contributed by atoms with Crippen LogP contribution in [-0.2, 0) is 13.1 Å². The highest BCUT2D eigenvalue weighted by molar-refractivity contribution is 5.27. The number of hydrogen-bond donors (Lipinski definition) is 1. The predicted octanol–water partition coefficient (Wildman–Crippen LogP) is 3.08. The molecule has 1 spiro atoms. The molecule has 0 atom stereocenters. The monoisotopic (exact) mass is 413 g/mol. The Bertz CT molecular complexity index is 758. The fraction of sp³-hybridized carbons (Fsp3) is 0.739. The summed E-state index contributed by atoms with van der Waals surface area (Å²) in [4.78, 5) is 19.6. The van der Waals surface area contributed by atoms with Crippen molar-refractivity contribution in [3.8, 4) is 0 Å². The Hall–Kier alpha value is -1.86. The topological polar surface area (TPSA) is 56.2 Å². The van der Waals surface area contributed by atoms with Crippen molar-refractivity contribution in [1.29, 1.82) is 0 Å². The third-order valence-corrected chi connectivity index (χ3v) is 6.96. The molecular formula is C23H39N7. The number of piperidine rings is 1. The number of rotatable bonds is 9. The Morgan fingerprint density at radius 1 is 1.07 bits per heavy atom. The van der Waals surface area contributed by atoms with Crippen LogP contribution < -0.4 is 4.90 Å². The van der Waals surface area contributed by atoms with Crippen LogP contribution in [0.3, 0.4) is 0 Å². The first-order valence-electron chi connectivity index (χ1n) is 11.7. The minimum absolute atomic E-state index is 0.597. The number of nitrogens with zero attached hydrogens (tertiary/aromatic N) is 6. The van der Waals surface area contributed by atoms with E-state index in [0.717, 1.165) is 30.8 Å². The summed E-state index contributed by atoms with van der Waals surface area (Å²) < 4.78 is 2.30. The van der Waals surface area contributed by atoms with Gasteiger partial charge in [-0.15, -0.1) is 0 Å². The minimum Gasteiger partial charge on any atom is -0.338 e. The second-order valence-corrected chi connectivity index (χ2v) is 9.88. The molecule has 7 heteroatoms. The van der Waals surface area contributed by atoms with Crippen LogP contribution in [0, 0.1) is 11.3 Å². The molecule has 166 valence electrons. The number of aromatic amines is 1. The van der Waals surface area contributed by atoms with Crippen LogP contribution in [-0.4, -0.2) is 75.6 Å². The first kappa shape index (κ1) is 21.4. The van der Waals surface area contributed by atoms with Gasteiger partial charge in [0.05, 0.1) is 6.54 Å². The highest BCUT2D eigenvalue weighted by Gasteiger charge is 2.40. The van der Waals surface area contributed by atoms with Gasteiger partial charge < -0.3 is 24.3 Å². The van der Waals surface area contributed by atoms with E-state index in [9.17, 15) is 0 Å². The Labute approximate surface area is 181 Å². The zero-order valence-electron chi connectivity index (χ0n) is 19.1. The lowest BCUT2D eigenvalue weighted by Crippen LogP contribution is -2.42. The molecule has 4 heterocycles. The van der Waals surface area contributed by atoms with Crippen molar-refractivity contribution >= 4 is 5.95 Å². The highest BCUT2D eigenvalue weighted by Crippen LogP contribution is 2.40. The maximum absolute atomic E-state index is 4.57. The molecule has 7 nitrogen and oxygen atoms in total. The largest absolute Gasteiger partial charge is 0.338 e. The number of hydrogen-bond acceptors (Lipinski definition) is 5. The van der Waals surface area contributed by atoms with E-state index in [-0.39, 0.29) is 0 Å². The Morgan fingerprint density at radius 3 is 2.53 bits per heavy atom. The van der Waals surface area contributed by atoms with Crippen LogP contribution in [0.5, 0.6) is 0 Å². The second-order valence-electron chi connectivity index (χ2n) is 9.88. The lowest BCUT2D eigenvalue weighted by molar-refractivity contribution is 0.0989. The molecule has 0 amide bonds. The molecule has 2 saturated heterocycles. The predicted molar refractivity (Wildman–Crippen MR) is 122 cm³/mol. The van der Waals surface area contributed by atoms with Crippen LogP contribution in [0.25, 0.3) is 0 Å². The van der Waals surface area contributed by atoms with Crippen LogP contribution in [0.4, 0.5) is 5.95 Å². The molecule has 4 rings (SSSR count). The lowest BCUT2D eigenvalue weighted by atomic mass is 9.77. The average Bonchev–Trinajstić information content (AvgIpc) is 3.46. The molecule has 2 aliphatic rings. The van der Waals surface area contributed by atoms with Gasteiger partial charge in [-0.3, -0.25) is 0 Å². The smallest absolute Gasteiger partial charge is 0.202 e.